The van der Waals surface area contributed by atoms with Crippen LogP contribution in [0, 0.1) is 0 Å². The number of anilines is 1. The van der Waals surface area contributed by atoms with Crippen LogP contribution in [0.4, 0.5) is 5.69 Å². The first-order valence-electron chi connectivity index (χ1n) is 11.7. The van der Waals surface area contributed by atoms with Crippen LogP contribution in [-0.4, -0.2) is 54.0 Å². The van der Waals surface area contributed by atoms with Crippen LogP contribution < -0.4 is 9.46 Å². The highest BCUT2D eigenvalue weighted by Gasteiger charge is 2.22. The van der Waals surface area contributed by atoms with E-state index in [-0.39, 0.29) is 5.91 Å². The number of carbonyl (C=O) groups excluding carboxylic acids is 1. The van der Waals surface area contributed by atoms with E-state index in [2.05, 4.69) is 38.9 Å². The molecule has 0 saturated carbocycles. The van der Waals surface area contributed by atoms with Crippen molar-refractivity contribution in [2.45, 2.75) is 11.4 Å². The molecule has 35 heavy (non-hydrogen) atoms. The molecule has 7 heteroatoms. The minimum Gasteiger partial charge on any atom is -0.496 e. The van der Waals surface area contributed by atoms with Crippen LogP contribution in [0.3, 0.4) is 0 Å². The van der Waals surface area contributed by atoms with E-state index in [9.17, 15) is 4.79 Å². The van der Waals surface area contributed by atoms with Gasteiger partial charge in [-0.3, -0.25) is 14.7 Å². The van der Waals surface area contributed by atoms with Gasteiger partial charge in [-0.05, 0) is 54.4 Å². The van der Waals surface area contributed by atoms with Gasteiger partial charge in [0.15, 0.2) is 0 Å². The monoisotopic (exact) mass is 484 g/mol. The van der Waals surface area contributed by atoms with Crippen molar-refractivity contribution < 1.29 is 9.53 Å². The molecule has 0 radical (unpaired) electrons. The number of rotatable bonds is 7. The molecule has 1 aliphatic rings. The van der Waals surface area contributed by atoms with E-state index in [1.54, 1.807) is 7.11 Å². The van der Waals surface area contributed by atoms with Crippen LogP contribution in [0.15, 0.2) is 90.0 Å². The van der Waals surface area contributed by atoms with Crippen molar-refractivity contribution in [1.82, 2.24) is 14.8 Å². The Morgan fingerprint density at radius 1 is 0.943 bits per heavy atom. The minimum atomic E-state index is 0.0828. The number of nitrogens with zero attached hydrogens (tertiary/aromatic N) is 3. The Morgan fingerprint density at radius 3 is 2.51 bits per heavy atom. The quantitative estimate of drug-likeness (QED) is 0.358. The highest BCUT2D eigenvalue weighted by Crippen LogP contribution is 2.27. The van der Waals surface area contributed by atoms with E-state index in [0.29, 0.717) is 5.56 Å². The fraction of sp³-hybridized carbons (Fsp3) is 0.214. The molecule has 1 aromatic heterocycles. The van der Waals surface area contributed by atoms with Gasteiger partial charge in [0.05, 0.1) is 17.5 Å². The fourth-order valence-electron chi connectivity index (χ4n) is 4.32. The average molecular weight is 485 g/mol. The number of ether oxygens (including phenoxy) is 1. The third kappa shape index (κ3) is 5.42. The highest BCUT2D eigenvalue weighted by atomic mass is 32.2. The Balaban J connectivity index is 1.15. The van der Waals surface area contributed by atoms with Gasteiger partial charge in [0.1, 0.15) is 5.75 Å². The van der Waals surface area contributed by atoms with Gasteiger partial charge in [0.2, 0.25) is 0 Å². The van der Waals surface area contributed by atoms with Gasteiger partial charge in [-0.25, -0.2) is 0 Å². The summed E-state index contributed by atoms with van der Waals surface area (Å²) in [7, 11) is 1.70. The van der Waals surface area contributed by atoms with E-state index in [0.717, 1.165) is 60.0 Å². The largest absolute Gasteiger partial charge is 0.496 e. The van der Waals surface area contributed by atoms with Gasteiger partial charge in [-0.15, -0.1) is 0 Å². The standard InChI is InChI=1S/C28H28N4O2S/c1-34-25-9-3-2-6-23(25)20-31-16-18-32(19-17-31)28(33)22-11-13-24(14-12-22)30-35-26-10-4-7-21-8-5-15-29-27(21)26/h2-15,30H,16-20H2,1H3. The molecule has 0 spiro atoms. The summed E-state index contributed by atoms with van der Waals surface area (Å²) in [5.74, 6) is 0.994. The molecule has 1 amide bonds. The first-order valence-corrected chi connectivity index (χ1v) is 12.5. The summed E-state index contributed by atoms with van der Waals surface area (Å²) in [6.07, 6.45) is 1.81. The number of para-hydroxylation sites is 2. The van der Waals surface area contributed by atoms with Crippen molar-refractivity contribution in [3.63, 3.8) is 0 Å². The summed E-state index contributed by atoms with van der Waals surface area (Å²) < 4.78 is 8.85. The van der Waals surface area contributed by atoms with Crippen LogP contribution >= 0.6 is 11.9 Å². The van der Waals surface area contributed by atoms with Crippen molar-refractivity contribution in [3.8, 4) is 5.75 Å². The fourth-order valence-corrected chi connectivity index (χ4v) is 5.10. The molecular weight excluding hydrogens is 456 g/mol. The average Bonchev–Trinajstić information content (AvgIpc) is 2.92. The molecule has 1 aliphatic heterocycles. The van der Waals surface area contributed by atoms with Gasteiger partial charge < -0.3 is 14.4 Å². The topological polar surface area (TPSA) is 57.7 Å². The van der Waals surface area contributed by atoms with Gasteiger partial charge in [-0.1, -0.05) is 36.4 Å². The number of piperazine rings is 1. The van der Waals surface area contributed by atoms with E-state index >= 15 is 0 Å². The van der Waals surface area contributed by atoms with Gasteiger partial charge in [-0.2, -0.15) is 0 Å². The minimum absolute atomic E-state index is 0.0828. The van der Waals surface area contributed by atoms with Crippen LogP contribution in [-0.2, 0) is 6.54 Å². The molecule has 1 fully saturated rings. The van der Waals surface area contributed by atoms with Gasteiger partial charge in [0.25, 0.3) is 5.91 Å². The lowest BCUT2D eigenvalue weighted by Crippen LogP contribution is -2.48. The molecule has 0 unspecified atom stereocenters. The number of aromatic nitrogens is 1. The molecule has 6 nitrogen and oxygen atoms in total. The lowest BCUT2D eigenvalue weighted by atomic mass is 10.1. The summed E-state index contributed by atoms with van der Waals surface area (Å²) in [6, 6.07) is 26.0. The zero-order valence-corrected chi connectivity index (χ0v) is 20.5. The van der Waals surface area contributed by atoms with Crippen LogP contribution in [0.1, 0.15) is 15.9 Å². The molecule has 1 saturated heterocycles. The lowest BCUT2D eigenvalue weighted by molar-refractivity contribution is 0.0627. The second-order valence-electron chi connectivity index (χ2n) is 8.49. The van der Waals surface area contributed by atoms with Crippen molar-refractivity contribution in [2.75, 3.05) is 38.0 Å². The Kier molecular flexibility index (Phi) is 7.16. The smallest absolute Gasteiger partial charge is 0.253 e. The molecule has 0 bridgehead atoms. The number of fused-ring (bicyclic) bond motifs is 1. The number of hydrogen-bond acceptors (Lipinski definition) is 6. The Labute approximate surface area is 210 Å². The highest BCUT2D eigenvalue weighted by molar-refractivity contribution is 8.00. The first kappa shape index (κ1) is 23.2. The van der Waals surface area contributed by atoms with E-state index in [1.807, 2.05) is 65.7 Å². The predicted octanol–water partition coefficient (Wildman–Crippen LogP) is 5.32. The van der Waals surface area contributed by atoms with Crippen molar-refractivity contribution >= 4 is 34.4 Å². The predicted molar refractivity (Wildman–Crippen MR) is 142 cm³/mol. The van der Waals surface area contributed by atoms with E-state index in [4.69, 9.17) is 4.74 Å². The number of benzene rings is 3. The second kappa shape index (κ2) is 10.8. The molecule has 0 aliphatic carbocycles. The normalized spacial score (nSPS) is 14.1. The Morgan fingerprint density at radius 2 is 1.71 bits per heavy atom. The van der Waals surface area contributed by atoms with E-state index in [1.165, 1.54) is 17.5 Å². The number of pyridine rings is 1. The van der Waals surface area contributed by atoms with Crippen LogP contribution in [0.25, 0.3) is 10.9 Å². The molecule has 0 atom stereocenters. The summed E-state index contributed by atoms with van der Waals surface area (Å²) in [5, 5.41) is 1.11. The van der Waals surface area contributed by atoms with E-state index < -0.39 is 0 Å². The van der Waals surface area contributed by atoms with Crippen LogP contribution in [0.5, 0.6) is 5.75 Å². The van der Waals surface area contributed by atoms with Crippen molar-refractivity contribution in [3.05, 3.63) is 96.2 Å². The Hall–Kier alpha value is -3.55. The number of amides is 1. The number of methoxy groups -OCH3 is 1. The SMILES string of the molecule is COc1ccccc1CN1CCN(C(=O)c2ccc(NSc3cccc4cccnc34)cc2)CC1. The van der Waals surface area contributed by atoms with Gasteiger partial charge in [0, 0.05) is 61.1 Å². The third-order valence-corrected chi connectivity index (χ3v) is 7.14. The molecule has 2 heterocycles. The maximum Gasteiger partial charge on any atom is 0.253 e. The summed E-state index contributed by atoms with van der Waals surface area (Å²) in [5.41, 5.74) is 3.81. The van der Waals surface area contributed by atoms with Gasteiger partial charge >= 0.3 is 0 Å². The molecule has 5 rings (SSSR count). The third-order valence-electron chi connectivity index (χ3n) is 6.25. The molecule has 1 N–H and O–H groups in total. The zero-order valence-electron chi connectivity index (χ0n) is 19.7. The number of carbonyl (C=O) groups is 1. The first-order chi connectivity index (χ1) is 17.2. The summed E-state index contributed by atoms with van der Waals surface area (Å²) in [4.78, 5) is 22.9. The Bertz CT molecular complexity index is 1300. The molecule has 3 aromatic carbocycles. The van der Waals surface area contributed by atoms with Crippen molar-refractivity contribution in [2.24, 2.45) is 0 Å². The van der Waals surface area contributed by atoms with Crippen LogP contribution in [0.2, 0.25) is 0 Å². The second-order valence-corrected chi connectivity index (χ2v) is 9.34. The maximum absolute atomic E-state index is 13.1. The molecule has 178 valence electrons. The number of nitrogens with one attached hydrogen (secondary N) is 1. The maximum atomic E-state index is 13.1. The van der Waals surface area contributed by atoms with Crippen molar-refractivity contribution in [1.29, 1.82) is 0 Å². The lowest BCUT2D eigenvalue weighted by Gasteiger charge is -2.35. The zero-order chi connectivity index (χ0) is 24.0. The number of hydrogen-bond donors (Lipinski definition) is 1. The summed E-state index contributed by atoms with van der Waals surface area (Å²) in [6.45, 7) is 3.96. The summed E-state index contributed by atoms with van der Waals surface area (Å²) >= 11 is 1.53. The molecule has 4 aromatic rings. The molecular formula is C28H28N4O2S.